The molecule has 0 aromatic heterocycles. The van der Waals surface area contributed by atoms with Crippen LogP contribution in [0.25, 0.3) is 0 Å². The van der Waals surface area contributed by atoms with E-state index in [1.54, 1.807) is 25.1 Å². The van der Waals surface area contributed by atoms with E-state index in [1.807, 2.05) is 0 Å². The second kappa shape index (κ2) is 6.34. The van der Waals surface area contributed by atoms with Gasteiger partial charge in [-0.25, -0.2) is 4.39 Å². The van der Waals surface area contributed by atoms with Gasteiger partial charge in [-0.3, -0.25) is 14.9 Å². The van der Waals surface area contributed by atoms with Crippen LogP contribution in [-0.4, -0.2) is 22.8 Å². The van der Waals surface area contributed by atoms with Crippen molar-refractivity contribution in [3.05, 3.63) is 75.6 Å². The highest BCUT2D eigenvalue weighted by atomic mass is 19.1. The maximum Gasteiger partial charge on any atom is 0.269 e. The molecule has 0 radical (unpaired) electrons. The van der Waals surface area contributed by atoms with Crippen molar-refractivity contribution in [2.75, 3.05) is 7.05 Å². The van der Waals surface area contributed by atoms with Gasteiger partial charge in [-0.1, -0.05) is 24.3 Å². The topological polar surface area (TPSA) is 63.5 Å². The summed E-state index contributed by atoms with van der Waals surface area (Å²) in [7, 11) is 1.54. The molecule has 1 amide bonds. The molecular formula is C16H15FN2O3. The Morgan fingerprint density at radius 2 is 1.91 bits per heavy atom. The zero-order chi connectivity index (χ0) is 16.3. The summed E-state index contributed by atoms with van der Waals surface area (Å²) in [6.07, 6.45) is 0. The predicted octanol–water partition coefficient (Wildman–Crippen LogP) is 3.57. The third-order valence-corrected chi connectivity index (χ3v) is 3.57. The van der Waals surface area contributed by atoms with Crippen LogP contribution in [-0.2, 0) is 0 Å². The Hall–Kier alpha value is -2.76. The number of amides is 1. The smallest absolute Gasteiger partial charge is 0.269 e. The molecule has 0 spiro atoms. The lowest BCUT2D eigenvalue weighted by atomic mass is 10.1. The highest BCUT2D eigenvalue weighted by molar-refractivity contribution is 5.94. The largest absolute Gasteiger partial charge is 0.335 e. The minimum atomic E-state index is -0.592. The molecule has 0 aliphatic heterocycles. The summed E-state index contributed by atoms with van der Waals surface area (Å²) < 4.78 is 13.7. The van der Waals surface area contributed by atoms with Crippen LogP contribution in [0.3, 0.4) is 0 Å². The van der Waals surface area contributed by atoms with E-state index in [4.69, 9.17) is 0 Å². The summed E-state index contributed by atoms with van der Waals surface area (Å²) in [6, 6.07) is 11.4. The summed E-state index contributed by atoms with van der Waals surface area (Å²) in [4.78, 5) is 24.0. The minimum Gasteiger partial charge on any atom is -0.335 e. The van der Waals surface area contributed by atoms with Crippen molar-refractivity contribution >= 4 is 11.6 Å². The Bertz CT molecular complexity index is 718. The number of halogens is 1. The number of nitrogens with zero attached hydrogens (tertiary/aromatic N) is 2. The molecule has 0 aliphatic carbocycles. The molecule has 0 bridgehead atoms. The first kappa shape index (κ1) is 15.6. The second-order valence-electron chi connectivity index (χ2n) is 4.92. The van der Waals surface area contributed by atoms with Gasteiger partial charge < -0.3 is 4.90 Å². The van der Waals surface area contributed by atoms with Crippen molar-refractivity contribution in [1.82, 2.24) is 4.90 Å². The molecule has 22 heavy (non-hydrogen) atoms. The van der Waals surface area contributed by atoms with Gasteiger partial charge in [0.15, 0.2) is 0 Å². The van der Waals surface area contributed by atoms with Crippen LogP contribution in [0.1, 0.15) is 28.9 Å². The summed E-state index contributed by atoms with van der Waals surface area (Å²) in [5, 5.41) is 10.8. The molecule has 0 unspecified atom stereocenters. The Kier molecular flexibility index (Phi) is 4.50. The summed E-state index contributed by atoms with van der Waals surface area (Å²) in [6.45, 7) is 1.73. The van der Waals surface area contributed by atoms with E-state index < -0.39 is 22.7 Å². The molecule has 0 aliphatic rings. The van der Waals surface area contributed by atoms with Crippen LogP contribution in [0, 0.1) is 15.9 Å². The first-order chi connectivity index (χ1) is 10.4. The van der Waals surface area contributed by atoms with Crippen LogP contribution in [0.2, 0.25) is 0 Å². The first-order valence-corrected chi connectivity index (χ1v) is 6.68. The van der Waals surface area contributed by atoms with E-state index in [-0.39, 0.29) is 11.3 Å². The van der Waals surface area contributed by atoms with Crippen LogP contribution >= 0.6 is 0 Å². The number of rotatable bonds is 4. The van der Waals surface area contributed by atoms with E-state index in [0.717, 1.165) is 0 Å². The zero-order valence-electron chi connectivity index (χ0n) is 12.2. The summed E-state index contributed by atoms with van der Waals surface area (Å²) in [5.74, 6) is -1.07. The molecule has 2 aromatic rings. The molecule has 0 heterocycles. The third kappa shape index (κ3) is 3.11. The van der Waals surface area contributed by atoms with Gasteiger partial charge in [0.2, 0.25) is 0 Å². The maximum atomic E-state index is 13.7. The number of carbonyl (C=O) groups is 1. The number of hydrogen-bond donors (Lipinski definition) is 0. The van der Waals surface area contributed by atoms with E-state index in [9.17, 15) is 19.3 Å². The SMILES string of the molecule is C[C@@H](c1cccc([N+](=O)[O-])c1)N(C)C(=O)c1ccccc1F. The molecule has 0 N–H and O–H groups in total. The number of non-ortho nitro benzene ring substituents is 1. The predicted molar refractivity (Wildman–Crippen MR) is 80.0 cm³/mol. The lowest BCUT2D eigenvalue weighted by Crippen LogP contribution is -2.30. The Balaban J connectivity index is 2.27. The van der Waals surface area contributed by atoms with Crippen molar-refractivity contribution in [2.24, 2.45) is 0 Å². The van der Waals surface area contributed by atoms with Gasteiger partial charge in [0, 0.05) is 19.2 Å². The van der Waals surface area contributed by atoms with Crippen molar-refractivity contribution in [3.8, 4) is 0 Å². The molecule has 0 fully saturated rings. The number of hydrogen-bond acceptors (Lipinski definition) is 3. The van der Waals surface area contributed by atoms with Crippen LogP contribution in [0.15, 0.2) is 48.5 Å². The monoisotopic (exact) mass is 302 g/mol. The maximum absolute atomic E-state index is 13.7. The summed E-state index contributed by atoms with van der Waals surface area (Å²) >= 11 is 0. The van der Waals surface area contributed by atoms with Gasteiger partial charge in [0.05, 0.1) is 16.5 Å². The Morgan fingerprint density at radius 1 is 1.23 bits per heavy atom. The fraction of sp³-hybridized carbons (Fsp3) is 0.188. The lowest BCUT2D eigenvalue weighted by Gasteiger charge is -2.25. The van der Waals surface area contributed by atoms with Crippen LogP contribution < -0.4 is 0 Å². The minimum absolute atomic E-state index is 0.0257. The molecule has 1 atom stereocenters. The fourth-order valence-electron chi connectivity index (χ4n) is 2.12. The molecule has 6 heteroatoms. The van der Waals surface area contributed by atoms with E-state index in [2.05, 4.69) is 0 Å². The number of nitro benzene ring substituents is 1. The van der Waals surface area contributed by atoms with E-state index in [0.29, 0.717) is 5.56 Å². The number of nitro groups is 1. The molecular weight excluding hydrogens is 287 g/mol. The molecule has 114 valence electrons. The van der Waals surface area contributed by atoms with Crippen molar-refractivity contribution in [2.45, 2.75) is 13.0 Å². The fourth-order valence-corrected chi connectivity index (χ4v) is 2.12. The van der Waals surface area contributed by atoms with E-state index >= 15 is 0 Å². The Morgan fingerprint density at radius 3 is 2.55 bits per heavy atom. The average Bonchev–Trinajstić information content (AvgIpc) is 2.53. The van der Waals surface area contributed by atoms with Crippen molar-refractivity contribution in [3.63, 3.8) is 0 Å². The number of carbonyl (C=O) groups excluding carboxylic acids is 1. The lowest BCUT2D eigenvalue weighted by molar-refractivity contribution is -0.384. The average molecular weight is 302 g/mol. The normalized spacial score (nSPS) is 11.8. The highest BCUT2D eigenvalue weighted by Gasteiger charge is 2.22. The molecule has 2 aromatic carbocycles. The van der Waals surface area contributed by atoms with Crippen LogP contribution in [0.5, 0.6) is 0 Å². The van der Waals surface area contributed by atoms with Gasteiger partial charge in [-0.15, -0.1) is 0 Å². The van der Waals surface area contributed by atoms with Gasteiger partial charge >= 0.3 is 0 Å². The van der Waals surface area contributed by atoms with Crippen molar-refractivity contribution < 1.29 is 14.1 Å². The van der Waals surface area contributed by atoms with E-state index in [1.165, 1.54) is 42.3 Å². The van der Waals surface area contributed by atoms with Crippen molar-refractivity contribution in [1.29, 1.82) is 0 Å². The standard InChI is InChI=1S/C16H15FN2O3/c1-11(12-6-5-7-13(10-12)19(21)22)18(2)16(20)14-8-3-4-9-15(14)17/h3-11H,1-2H3/t11-/m0/s1. The summed E-state index contributed by atoms with van der Waals surface area (Å²) in [5.41, 5.74) is 0.541. The van der Waals surface area contributed by atoms with Gasteiger partial charge in [0.1, 0.15) is 5.82 Å². The van der Waals surface area contributed by atoms with Gasteiger partial charge in [-0.05, 0) is 24.6 Å². The second-order valence-corrected chi connectivity index (χ2v) is 4.92. The first-order valence-electron chi connectivity index (χ1n) is 6.68. The molecule has 5 nitrogen and oxygen atoms in total. The quantitative estimate of drug-likeness (QED) is 0.640. The Labute approximate surface area is 127 Å². The third-order valence-electron chi connectivity index (χ3n) is 3.57. The highest BCUT2D eigenvalue weighted by Crippen LogP contribution is 2.24. The molecule has 2 rings (SSSR count). The molecule has 0 saturated heterocycles. The van der Waals surface area contributed by atoms with Gasteiger partial charge in [0.25, 0.3) is 11.6 Å². The van der Waals surface area contributed by atoms with Gasteiger partial charge in [-0.2, -0.15) is 0 Å². The molecule has 0 saturated carbocycles. The zero-order valence-corrected chi connectivity index (χ0v) is 12.2. The number of benzene rings is 2. The van der Waals surface area contributed by atoms with Crippen LogP contribution in [0.4, 0.5) is 10.1 Å².